The van der Waals surface area contributed by atoms with Gasteiger partial charge in [-0.25, -0.2) is 9.48 Å². The topological polar surface area (TPSA) is 73.2 Å². The van der Waals surface area contributed by atoms with Crippen molar-refractivity contribution in [3.05, 3.63) is 51.8 Å². The van der Waals surface area contributed by atoms with Gasteiger partial charge in [0.2, 0.25) is 11.2 Å². The van der Waals surface area contributed by atoms with Crippen molar-refractivity contribution in [1.29, 1.82) is 0 Å². The Balaban J connectivity index is 2.47. The minimum Gasteiger partial charge on any atom is -0.450 e. The highest BCUT2D eigenvalue weighted by Gasteiger charge is 2.30. The maximum absolute atomic E-state index is 12.8. The summed E-state index contributed by atoms with van der Waals surface area (Å²) in [5, 5.41) is 6.08. The molecule has 2 rings (SSSR count). The molecule has 1 aromatic heterocycles. The second-order valence-electron chi connectivity index (χ2n) is 4.80. The number of nitrogens with zero attached hydrogens (tertiary/aromatic N) is 2. The van der Waals surface area contributed by atoms with Crippen molar-refractivity contribution >= 4 is 11.9 Å². The van der Waals surface area contributed by atoms with Crippen LogP contribution in [0.5, 0.6) is 0 Å². The van der Waals surface area contributed by atoms with Crippen LogP contribution in [0.4, 0.5) is 23.8 Å². The third-order valence-corrected chi connectivity index (χ3v) is 3.02. The van der Waals surface area contributed by atoms with Gasteiger partial charge in [0, 0.05) is 11.8 Å². The van der Waals surface area contributed by atoms with Crippen LogP contribution in [0.25, 0.3) is 5.69 Å². The van der Waals surface area contributed by atoms with E-state index in [-0.39, 0.29) is 18.1 Å². The monoisotopic (exact) mass is 341 g/mol. The lowest BCUT2D eigenvalue weighted by molar-refractivity contribution is -0.137. The van der Waals surface area contributed by atoms with Gasteiger partial charge in [-0.3, -0.25) is 10.1 Å². The summed E-state index contributed by atoms with van der Waals surface area (Å²) in [7, 11) is 0. The van der Waals surface area contributed by atoms with Crippen LogP contribution in [-0.4, -0.2) is 22.5 Å². The van der Waals surface area contributed by atoms with Crippen molar-refractivity contribution in [2.24, 2.45) is 0 Å². The molecule has 2 aromatic rings. The highest BCUT2D eigenvalue weighted by Crippen LogP contribution is 2.30. The molecule has 0 bridgehead atoms. The molecule has 6 nitrogen and oxygen atoms in total. The van der Waals surface area contributed by atoms with Crippen LogP contribution in [0.15, 0.2) is 35.1 Å². The number of ether oxygens (including phenoxy) is 1. The summed E-state index contributed by atoms with van der Waals surface area (Å²) in [5.74, 6) is -0.337. The zero-order valence-electron chi connectivity index (χ0n) is 12.8. The summed E-state index contributed by atoms with van der Waals surface area (Å²) in [6, 6.07) is 5.64. The first-order valence-corrected chi connectivity index (χ1v) is 6.94. The number of hydrogen-bond acceptors (Lipinski definition) is 4. The van der Waals surface area contributed by atoms with Crippen molar-refractivity contribution in [2.45, 2.75) is 20.0 Å². The third-order valence-electron chi connectivity index (χ3n) is 3.02. The number of anilines is 1. The Morgan fingerprint density at radius 2 is 2.04 bits per heavy atom. The van der Waals surface area contributed by atoms with Gasteiger partial charge in [-0.05, 0) is 32.0 Å². The minimum absolute atomic E-state index is 0.0967. The van der Waals surface area contributed by atoms with Crippen LogP contribution in [0.3, 0.4) is 0 Å². The summed E-state index contributed by atoms with van der Waals surface area (Å²) in [6.45, 7) is 3.20. The minimum atomic E-state index is -4.50. The largest absolute Gasteiger partial charge is 0.450 e. The molecule has 0 saturated heterocycles. The molecule has 0 fully saturated rings. The Hall–Kier alpha value is -2.84. The summed E-state index contributed by atoms with van der Waals surface area (Å²) in [6.07, 6.45) is -5.38. The van der Waals surface area contributed by atoms with E-state index in [9.17, 15) is 22.8 Å². The molecular formula is C15H14F3N3O3. The quantitative estimate of drug-likeness (QED) is 0.931. The van der Waals surface area contributed by atoms with Gasteiger partial charge >= 0.3 is 12.3 Å². The molecule has 0 aliphatic rings. The zero-order valence-corrected chi connectivity index (χ0v) is 12.8. The predicted molar refractivity (Wildman–Crippen MR) is 80.2 cm³/mol. The number of hydrogen-bond donors (Lipinski definition) is 1. The first-order chi connectivity index (χ1) is 11.2. The molecule has 0 atom stereocenters. The van der Waals surface area contributed by atoms with E-state index >= 15 is 0 Å². The van der Waals surface area contributed by atoms with Gasteiger partial charge in [0.25, 0.3) is 0 Å². The fourth-order valence-corrected chi connectivity index (χ4v) is 1.97. The Morgan fingerprint density at radius 1 is 1.33 bits per heavy atom. The second kappa shape index (κ2) is 6.73. The van der Waals surface area contributed by atoms with Gasteiger partial charge in [-0.2, -0.15) is 13.2 Å². The molecule has 0 saturated carbocycles. The summed E-state index contributed by atoms with van der Waals surface area (Å²) in [5.41, 5.74) is -1.01. The lowest BCUT2D eigenvalue weighted by atomic mass is 10.2. The lowest BCUT2D eigenvalue weighted by Crippen LogP contribution is -2.23. The van der Waals surface area contributed by atoms with Crippen LogP contribution in [0.1, 0.15) is 18.2 Å². The Bertz CT molecular complexity index is 816. The molecule has 0 radical (unpaired) electrons. The van der Waals surface area contributed by atoms with Crippen molar-refractivity contribution in [3.63, 3.8) is 0 Å². The van der Waals surface area contributed by atoms with E-state index in [2.05, 4.69) is 15.2 Å². The van der Waals surface area contributed by atoms with Gasteiger partial charge in [0.1, 0.15) is 0 Å². The Labute approximate surface area is 134 Å². The summed E-state index contributed by atoms with van der Waals surface area (Å²) >= 11 is 0. The van der Waals surface area contributed by atoms with Gasteiger partial charge in [-0.15, -0.1) is 5.10 Å². The molecule has 0 aliphatic carbocycles. The van der Waals surface area contributed by atoms with Crippen LogP contribution in [0.2, 0.25) is 0 Å². The summed E-state index contributed by atoms with van der Waals surface area (Å²) in [4.78, 5) is 23.3. The molecule has 0 aliphatic heterocycles. The van der Waals surface area contributed by atoms with E-state index in [1.807, 2.05) is 0 Å². The zero-order chi connectivity index (χ0) is 17.9. The fourth-order valence-electron chi connectivity index (χ4n) is 1.97. The molecule has 1 N–H and O–H groups in total. The molecule has 128 valence electrons. The van der Waals surface area contributed by atoms with E-state index < -0.39 is 23.3 Å². The van der Waals surface area contributed by atoms with Crippen molar-refractivity contribution < 1.29 is 22.7 Å². The number of amides is 1. The van der Waals surface area contributed by atoms with Gasteiger partial charge in [-0.1, -0.05) is 6.07 Å². The van der Waals surface area contributed by atoms with Crippen LogP contribution in [-0.2, 0) is 10.9 Å². The molecule has 1 heterocycles. The molecule has 0 spiro atoms. The molecule has 9 heteroatoms. The van der Waals surface area contributed by atoms with Crippen LogP contribution >= 0.6 is 0 Å². The number of carbonyl (C=O) groups is 1. The summed E-state index contributed by atoms with van der Waals surface area (Å²) < 4.78 is 44.3. The van der Waals surface area contributed by atoms with Gasteiger partial charge < -0.3 is 4.74 Å². The van der Waals surface area contributed by atoms with E-state index in [4.69, 9.17) is 0 Å². The molecule has 24 heavy (non-hydrogen) atoms. The number of rotatable bonds is 3. The maximum Gasteiger partial charge on any atom is 0.416 e. The third kappa shape index (κ3) is 3.92. The highest BCUT2D eigenvalue weighted by atomic mass is 19.4. The molecule has 1 aromatic carbocycles. The average molecular weight is 341 g/mol. The Kier molecular flexibility index (Phi) is 4.91. The molecule has 1 amide bonds. The van der Waals surface area contributed by atoms with E-state index in [0.717, 1.165) is 22.9 Å². The first-order valence-electron chi connectivity index (χ1n) is 6.94. The average Bonchev–Trinajstić information content (AvgIpc) is 2.49. The standard InChI is InChI=1S/C15H14F3N3O3/c1-3-24-14(23)19-13-12(22)7-9(2)21(20-13)11-6-4-5-10(8-11)15(16,17)18/h4-8H,3H2,1-2H3,(H,19,20,23). The van der Waals surface area contributed by atoms with Gasteiger partial charge in [0.05, 0.1) is 17.9 Å². The SMILES string of the molecule is CCOC(=O)Nc1nn(-c2cccc(C(F)(F)F)c2)c(C)cc1=O. The van der Waals surface area contributed by atoms with E-state index in [0.29, 0.717) is 5.69 Å². The van der Waals surface area contributed by atoms with Crippen molar-refractivity contribution in [3.8, 4) is 5.69 Å². The smallest absolute Gasteiger partial charge is 0.416 e. The van der Waals surface area contributed by atoms with Crippen molar-refractivity contribution in [2.75, 3.05) is 11.9 Å². The predicted octanol–water partition coefficient (Wildman–Crippen LogP) is 3.13. The Morgan fingerprint density at radius 3 is 2.67 bits per heavy atom. The van der Waals surface area contributed by atoms with E-state index in [1.165, 1.54) is 19.1 Å². The number of benzene rings is 1. The van der Waals surface area contributed by atoms with E-state index in [1.54, 1.807) is 6.92 Å². The van der Waals surface area contributed by atoms with Crippen molar-refractivity contribution in [1.82, 2.24) is 9.78 Å². The maximum atomic E-state index is 12.8. The molecule has 0 unspecified atom stereocenters. The lowest BCUT2D eigenvalue weighted by Gasteiger charge is -2.13. The first kappa shape index (κ1) is 17.5. The van der Waals surface area contributed by atoms with Crippen LogP contribution in [0, 0.1) is 6.92 Å². The molecular weight excluding hydrogens is 327 g/mol. The second-order valence-corrected chi connectivity index (χ2v) is 4.80. The highest BCUT2D eigenvalue weighted by molar-refractivity contribution is 5.83. The number of carbonyl (C=O) groups excluding carboxylic acids is 1. The fraction of sp³-hybridized carbons (Fsp3) is 0.267. The number of aryl methyl sites for hydroxylation is 1. The number of halogens is 3. The normalized spacial score (nSPS) is 11.2. The number of aromatic nitrogens is 2. The number of alkyl halides is 3. The van der Waals surface area contributed by atoms with Gasteiger partial charge in [0.15, 0.2) is 0 Å². The van der Waals surface area contributed by atoms with Crippen LogP contribution < -0.4 is 10.7 Å². The number of nitrogens with one attached hydrogen (secondary N) is 1.